The molecule has 0 aliphatic rings. The maximum absolute atomic E-state index is 5.19. The van der Waals surface area contributed by atoms with Gasteiger partial charge in [-0.25, -0.2) is 0 Å². The predicted molar refractivity (Wildman–Crippen MR) is 53.8 cm³/mol. The van der Waals surface area contributed by atoms with Crippen LogP contribution in [0.4, 0.5) is 0 Å². The first kappa shape index (κ1) is 11.2. The van der Waals surface area contributed by atoms with E-state index in [1.807, 2.05) is 0 Å². The summed E-state index contributed by atoms with van der Waals surface area (Å²) in [5, 5.41) is 0. The molecule has 0 N–H and O–H groups in total. The van der Waals surface area contributed by atoms with Crippen molar-refractivity contribution in [3.05, 3.63) is 0 Å². The average molecular weight is 174 g/mol. The Bertz CT molecular complexity index is 68.0. The van der Waals surface area contributed by atoms with Gasteiger partial charge in [0.25, 0.3) is 0 Å². The van der Waals surface area contributed by atoms with E-state index in [0.717, 1.165) is 23.0 Å². The number of hydrogen-bond acceptors (Lipinski definition) is 1. The van der Waals surface area contributed by atoms with Crippen LogP contribution >= 0.6 is 0 Å². The second kappa shape index (κ2) is 8.28. The molecule has 2 heteroatoms. The fraction of sp³-hybridized carbons (Fsp3) is 1.00. The van der Waals surface area contributed by atoms with Gasteiger partial charge < -0.3 is 4.43 Å². The van der Waals surface area contributed by atoms with E-state index in [2.05, 4.69) is 13.8 Å². The summed E-state index contributed by atoms with van der Waals surface area (Å²) in [5.41, 5.74) is 0. The molecule has 1 atom stereocenters. The van der Waals surface area contributed by atoms with E-state index in [1.165, 1.54) is 32.1 Å². The Morgan fingerprint density at radius 2 is 2.00 bits per heavy atom. The Morgan fingerprint density at radius 3 is 2.45 bits per heavy atom. The third-order valence-corrected chi connectivity index (χ3v) is 2.68. The number of hydrogen-bond donors (Lipinski definition) is 0. The molecule has 0 saturated carbocycles. The number of unbranched alkanes of at least 4 members (excludes halogenated alkanes) is 1. The molecule has 0 aromatic carbocycles. The van der Waals surface area contributed by atoms with Crippen molar-refractivity contribution in [2.45, 2.75) is 46.0 Å². The molecule has 0 radical (unpaired) electrons. The molecule has 0 spiro atoms. The molecule has 0 aliphatic heterocycles. The molecule has 0 bridgehead atoms. The highest BCUT2D eigenvalue weighted by molar-refractivity contribution is 5.97. The fourth-order valence-corrected chi connectivity index (χ4v) is 1.57. The predicted octanol–water partition coefficient (Wildman–Crippen LogP) is 1.89. The third kappa shape index (κ3) is 6.57. The van der Waals surface area contributed by atoms with E-state index in [9.17, 15) is 0 Å². The van der Waals surface area contributed by atoms with Crippen LogP contribution in [-0.4, -0.2) is 17.1 Å². The topological polar surface area (TPSA) is 9.23 Å². The maximum Gasteiger partial charge on any atom is 0.145 e. The van der Waals surface area contributed by atoms with Crippen molar-refractivity contribution in [1.82, 2.24) is 0 Å². The van der Waals surface area contributed by atoms with Crippen LogP contribution in [0.3, 0.4) is 0 Å². The maximum atomic E-state index is 5.19. The Labute approximate surface area is 74.1 Å². The van der Waals surface area contributed by atoms with Crippen molar-refractivity contribution < 1.29 is 4.43 Å². The summed E-state index contributed by atoms with van der Waals surface area (Å²) in [6.07, 6.45) is 6.72. The van der Waals surface area contributed by atoms with Crippen molar-refractivity contribution >= 4 is 10.5 Å². The largest absolute Gasteiger partial charge is 0.428 e. The van der Waals surface area contributed by atoms with Crippen molar-refractivity contribution in [3.8, 4) is 0 Å². The summed E-state index contributed by atoms with van der Waals surface area (Å²) in [7, 11) is 0.902. The molecular weight excluding hydrogens is 152 g/mol. The lowest BCUT2D eigenvalue weighted by atomic mass is 9.96. The first-order valence-electron chi connectivity index (χ1n) is 4.84. The molecule has 0 rings (SSSR count). The van der Waals surface area contributed by atoms with Gasteiger partial charge in [-0.1, -0.05) is 39.5 Å². The van der Waals surface area contributed by atoms with Crippen molar-refractivity contribution in [3.63, 3.8) is 0 Å². The number of rotatable bonds is 7. The van der Waals surface area contributed by atoms with Gasteiger partial charge in [0.15, 0.2) is 0 Å². The lowest BCUT2D eigenvalue weighted by Gasteiger charge is -2.12. The molecular formula is C9H22OSi. The van der Waals surface area contributed by atoms with Crippen LogP contribution in [-0.2, 0) is 4.43 Å². The summed E-state index contributed by atoms with van der Waals surface area (Å²) in [4.78, 5) is 0. The Hall–Kier alpha value is 0.177. The van der Waals surface area contributed by atoms with Crippen LogP contribution in [0.25, 0.3) is 0 Å². The highest BCUT2D eigenvalue weighted by Crippen LogP contribution is 2.15. The zero-order valence-electron chi connectivity index (χ0n) is 8.23. The molecule has 11 heavy (non-hydrogen) atoms. The standard InChI is InChI=1S/C9H22OSi/c1-3-5-6-9(4-2)7-8-10-11/h9H,3-8H2,1-2,11H3. The molecule has 1 unspecified atom stereocenters. The summed E-state index contributed by atoms with van der Waals surface area (Å²) in [6.45, 7) is 5.54. The molecule has 0 aliphatic carbocycles. The first-order valence-corrected chi connectivity index (χ1v) is 5.65. The molecule has 68 valence electrons. The van der Waals surface area contributed by atoms with Crippen LogP contribution < -0.4 is 0 Å². The minimum atomic E-state index is 0.902. The Kier molecular flexibility index (Phi) is 8.41. The zero-order valence-corrected chi connectivity index (χ0v) is 10.2. The normalized spacial score (nSPS) is 13.6. The van der Waals surface area contributed by atoms with Crippen LogP contribution in [0, 0.1) is 5.92 Å². The van der Waals surface area contributed by atoms with Gasteiger partial charge in [0.2, 0.25) is 0 Å². The van der Waals surface area contributed by atoms with Crippen LogP contribution in [0.5, 0.6) is 0 Å². The molecule has 0 saturated heterocycles. The van der Waals surface area contributed by atoms with Crippen LogP contribution in [0.1, 0.15) is 46.0 Å². The minimum absolute atomic E-state index is 0.902. The van der Waals surface area contributed by atoms with E-state index < -0.39 is 0 Å². The van der Waals surface area contributed by atoms with Crippen molar-refractivity contribution in [2.24, 2.45) is 5.92 Å². The van der Waals surface area contributed by atoms with Crippen LogP contribution in [0.2, 0.25) is 0 Å². The second-order valence-electron chi connectivity index (χ2n) is 3.20. The van der Waals surface area contributed by atoms with Gasteiger partial charge >= 0.3 is 0 Å². The summed E-state index contributed by atoms with van der Waals surface area (Å²) >= 11 is 0. The molecule has 0 amide bonds. The molecule has 1 nitrogen and oxygen atoms in total. The van der Waals surface area contributed by atoms with Crippen LogP contribution in [0.15, 0.2) is 0 Å². The third-order valence-electron chi connectivity index (χ3n) is 2.27. The van der Waals surface area contributed by atoms with Gasteiger partial charge in [-0.2, -0.15) is 0 Å². The van der Waals surface area contributed by atoms with Gasteiger partial charge in [-0.3, -0.25) is 0 Å². The second-order valence-corrected chi connectivity index (χ2v) is 3.78. The van der Waals surface area contributed by atoms with E-state index in [-0.39, 0.29) is 0 Å². The Morgan fingerprint density at radius 1 is 1.27 bits per heavy atom. The average Bonchev–Trinajstić information content (AvgIpc) is 2.05. The molecule has 0 aromatic heterocycles. The van der Waals surface area contributed by atoms with Gasteiger partial charge in [-0.05, 0) is 12.3 Å². The monoisotopic (exact) mass is 174 g/mol. The first-order chi connectivity index (χ1) is 5.35. The van der Waals surface area contributed by atoms with Gasteiger partial charge in [-0.15, -0.1) is 0 Å². The quantitative estimate of drug-likeness (QED) is 0.536. The van der Waals surface area contributed by atoms with Crippen molar-refractivity contribution in [1.29, 1.82) is 0 Å². The summed E-state index contributed by atoms with van der Waals surface area (Å²) in [6, 6.07) is 0. The summed E-state index contributed by atoms with van der Waals surface area (Å²) in [5.74, 6) is 0.920. The lowest BCUT2D eigenvalue weighted by molar-refractivity contribution is 0.286. The van der Waals surface area contributed by atoms with E-state index in [4.69, 9.17) is 4.43 Å². The van der Waals surface area contributed by atoms with Gasteiger partial charge in [0, 0.05) is 6.61 Å². The molecule has 0 aromatic rings. The SMILES string of the molecule is CCCCC(CC)CCO[SiH3]. The van der Waals surface area contributed by atoms with E-state index in [1.54, 1.807) is 0 Å². The van der Waals surface area contributed by atoms with Gasteiger partial charge in [0.1, 0.15) is 10.5 Å². The van der Waals surface area contributed by atoms with E-state index in [0.29, 0.717) is 0 Å². The highest BCUT2D eigenvalue weighted by Gasteiger charge is 2.03. The zero-order chi connectivity index (χ0) is 8.53. The smallest absolute Gasteiger partial charge is 0.145 e. The summed E-state index contributed by atoms with van der Waals surface area (Å²) < 4.78 is 5.19. The molecule has 0 fully saturated rings. The van der Waals surface area contributed by atoms with Crippen molar-refractivity contribution in [2.75, 3.05) is 6.61 Å². The highest BCUT2D eigenvalue weighted by atomic mass is 28.2. The fourth-order valence-electron chi connectivity index (χ4n) is 1.33. The lowest BCUT2D eigenvalue weighted by Crippen LogP contribution is -2.03. The molecule has 0 heterocycles. The Balaban J connectivity index is 3.25. The minimum Gasteiger partial charge on any atom is -0.428 e. The van der Waals surface area contributed by atoms with E-state index >= 15 is 0 Å². The van der Waals surface area contributed by atoms with Gasteiger partial charge in [0.05, 0.1) is 0 Å².